The lowest BCUT2D eigenvalue weighted by Crippen LogP contribution is -2.20. The summed E-state index contributed by atoms with van der Waals surface area (Å²) in [5.74, 6) is 0.731. The standard InChI is InChI=1S/C22H25NO3.ClH/c1-16-17(2)22(24)26-21-14-19(10-11-20(16)21)25-13-7-12-23(3)15-18-8-5-4-6-9-18;/h4-6,8-11,14H,7,12-13,15H2,1-3H3;1H. The minimum absolute atomic E-state index is 0. The summed E-state index contributed by atoms with van der Waals surface area (Å²) in [6.07, 6.45) is 0.929. The van der Waals surface area contributed by atoms with Gasteiger partial charge in [-0.15, -0.1) is 12.4 Å². The van der Waals surface area contributed by atoms with Crippen molar-refractivity contribution in [1.29, 1.82) is 0 Å². The summed E-state index contributed by atoms with van der Waals surface area (Å²) in [5, 5.41) is 0.956. The highest BCUT2D eigenvalue weighted by molar-refractivity contribution is 5.85. The van der Waals surface area contributed by atoms with Crippen LogP contribution in [0.25, 0.3) is 11.0 Å². The Balaban J connectivity index is 0.00000261. The lowest BCUT2D eigenvalue weighted by atomic mass is 10.1. The van der Waals surface area contributed by atoms with Crippen molar-refractivity contribution in [2.45, 2.75) is 26.8 Å². The molecule has 3 aromatic rings. The number of ether oxygens (including phenoxy) is 1. The van der Waals surface area contributed by atoms with Gasteiger partial charge in [0.15, 0.2) is 0 Å². The molecule has 5 heteroatoms. The van der Waals surface area contributed by atoms with Crippen LogP contribution in [-0.2, 0) is 6.54 Å². The number of rotatable bonds is 7. The minimum atomic E-state index is -0.283. The van der Waals surface area contributed by atoms with Crippen LogP contribution in [0, 0.1) is 13.8 Å². The second-order valence-electron chi connectivity index (χ2n) is 6.72. The minimum Gasteiger partial charge on any atom is -0.493 e. The fourth-order valence-electron chi connectivity index (χ4n) is 3.02. The predicted octanol–water partition coefficient (Wildman–Crippen LogP) is 4.73. The van der Waals surface area contributed by atoms with Crippen molar-refractivity contribution < 1.29 is 9.15 Å². The van der Waals surface area contributed by atoms with Gasteiger partial charge in [0.05, 0.1) is 6.61 Å². The smallest absolute Gasteiger partial charge is 0.339 e. The van der Waals surface area contributed by atoms with E-state index in [1.807, 2.05) is 25.1 Å². The average molecular weight is 388 g/mol. The van der Waals surface area contributed by atoms with Gasteiger partial charge in [0.25, 0.3) is 0 Å². The van der Waals surface area contributed by atoms with E-state index in [0.717, 1.165) is 36.2 Å². The molecule has 3 rings (SSSR count). The van der Waals surface area contributed by atoms with Gasteiger partial charge in [-0.25, -0.2) is 4.79 Å². The Morgan fingerprint density at radius 3 is 2.52 bits per heavy atom. The van der Waals surface area contributed by atoms with Gasteiger partial charge in [-0.05, 0) is 50.6 Å². The summed E-state index contributed by atoms with van der Waals surface area (Å²) in [6.45, 7) is 6.24. The second kappa shape index (κ2) is 9.58. The first kappa shape index (κ1) is 21.0. The molecule has 0 saturated heterocycles. The van der Waals surface area contributed by atoms with Gasteiger partial charge in [-0.1, -0.05) is 30.3 Å². The molecule has 0 saturated carbocycles. The topological polar surface area (TPSA) is 42.7 Å². The number of hydrogen-bond acceptors (Lipinski definition) is 4. The van der Waals surface area contributed by atoms with Gasteiger partial charge in [0, 0.05) is 30.1 Å². The average Bonchev–Trinajstić information content (AvgIpc) is 2.64. The zero-order valence-electron chi connectivity index (χ0n) is 16.0. The molecule has 0 amide bonds. The number of hydrogen-bond donors (Lipinski definition) is 0. The SMILES string of the molecule is Cc1c(C)c2ccc(OCCCN(C)Cc3ccccc3)cc2oc1=O.Cl. The fourth-order valence-corrected chi connectivity index (χ4v) is 3.02. The Hall–Kier alpha value is -2.30. The highest BCUT2D eigenvalue weighted by Crippen LogP contribution is 2.23. The normalized spacial score (nSPS) is 10.8. The molecule has 0 N–H and O–H groups in total. The molecule has 0 aliphatic heterocycles. The van der Waals surface area contributed by atoms with Gasteiger partial charge in [0.2, 0.25) is 0 Å². The van der Waals surface area contributed by atoms with E-state index in [1.165, 1.54) is 5.56 Å². The summed E-state index contributed by atoms with van der Waals surface area (Å²) in [4.78, 5) is 14.1. The summed E-state index contributed by atoms with van der Waals surface area (Å²) in [7, 11) is 2.11. The van der Waals surface area contributed by atoms with Crippen LogP contribution in [0.1, 0.15) is 23.1 Å². The Bertz CT molecular complexity index is 937. The first-order chi connectivity index (χ1) is 12.5. The number of nitrogens with zero attached hydrogens (tertiary/aromatic N) is 1. The first-order valence-corrected chi connectivity index (χ1v) is 8.94. The Morgan fingerprint density at radius 1 is 1.04 bits per heavy atom. The molecule has 0 spiro atoms. The molecule has 4 nitrogen and oxygen atoms in total. The fraction of sp³-hybridized carbons (Fsp3) is 0.318. The maximum atomic E-state index is 11.8. The molecule has 0 atom stereocenters. The van der Waals surface area contributed by atoms with Crippen LogP contribution in [0.4, 0.5) is 0 Å². The third kappa shape index (κ3) is 5.34. The molecule has 0 unspecified atom stereocenters. The van der Waals surface area contributed by atoms with Gasteiger partial charge in [-0.2, -0.15) is 0 Å². The van der Waals surface area contributed by atoms with Crippen LogP contribution in [0.3, 0.4) is 0 Å². The van der Waals surface area contributed by atoms with Crippen molar-refractivity contribution >= 4 is 23.4 Å². The molecule has 1 heterocycles. The zero-order valence-corrected chi connectivity index (χ0v) is 16.8. The molecule has 0 fully saturated rings. The lowest BCUT2D eigenvalue weighted by molar-refractivity contribution is 0.259. The Morgan fingerprint density at radius 2 is 1.78 bits per heavy atom. The summed E-state index contributed by atoms with van der Waals surface area (Å²) in [6, 6.07) is 16.1. The molecule has 144 valence electrons. The predicted molar refractivity (Wildman–Crippen MR) is 112 cm³/mol. The van der Waals surface area contributed by atoms with Crippen molar-refractivity contribution in [3.63, 3.8) is 0 Å². The lowest BCUT2D eigenvalue weighted by Gasteiger charge is -2.16. The van der Waals surface area contributed by atoms with E-state index in [0.29, 0.717) is 17.8 Å². The second-order valence-corrected chi connectivity index (χ2v) is 6.72. The highest BCUT2D eigenvalue weighted by atomic mass is 35.5. The van der Waals surface area contributed by atoms with E-state index in [-0.39, 0.29) is 18.0 Å². The summed E-state index contributed by atoms with van der Waals surface area (Å²) >= 11 is 0. The molecule has 0 bridgehead atoms. The van der Waals surface area contributed by atoms with Crippen LogP contribution in [0.5, 0.6) is 5.75 Å². The molecule has 0 radical (unpaired) electrons. The number of fused-ring (bicyclic) bond motifs is 1. The quantitative estimate of drug-likeness (QED) is 0.434. The first-order valence-electron chi connectivity index (χ1n) is 8.94. The van der Waals surface area contributed by atoms with Crippen LogP contribution in [-0.4, -0.2) is 25.1 Å². The molecule has 1 aromatic heterocycles. The van der Waals surface area contributed by atoms with Crippen molar-refractivity contribution in [3.8, 4) is 5.75 Å². The highest BCUT2D eigenvalue weighted by Gasteiger charge is 2.08. The third-order valence-corrected chi connectivity index (χ3v) is 4.68. The monoisotopic (exact) mass is 387 g/mol. The largest absolute Gasteiger partial charge is 0.493 e. The van der Waals surface area contributed by atoms with Crippen LogP contribution >= 0.6 is 12.4 Å². The van der Waals surface area contributed by atoms with E-state index in [9.17, 15) is 4.79 Å². The maximum absolute atomic E-state index is 11.8. The molecular weight excluding hydrogens is 362 g/mol. The summed E-state index contributed by atoms with van der Waals surface area (Å²) in [5.41, 5.74) is 3.23. The summed E-state index contributed by atoms with van der Waals surface area (Å²) < 4.78 is 11.2. The van der Waals surface area contributed by atoms with Gasteiger partial charge in [0.1, 0.15) is 11.3 Å². The van der Waals surface area contributed by atoms with E-state index in [1.54, 1.807) is 13.0 Å². The number of halogens is 1. The number of aryl methyl sites for hydroxylation is 1. The van der Waals surface area contributed by atoms with Crippen LogP contribution in [0.15, 0.2) is 57.7 Å². The van der Waals surface area contributed by atoms with E-state index >= 15 is 0 Å². The Kier molecular flexibility index (Phi) is 7.45. The van der Waals surface area contributed by atoms with Gasteiger partial charge in [-0.3, -0.25) is 0 Å². The molecule has 0 aliphatic rings. The van der Waals surface area contributed by atoms with Crippen molar-refractivity contribution in [2.75, 3.05) is 20.2 Å². The number of benzene rings is 2. The molecule has 2 aromatic carbocycles. The van der Waals surface area contributed by atoms with Crippen LogP contribution in [0.2, 0.25) is 0 Å². The molecule has 27 heavy (non-hydrogen) atoms. The van der Waals surface area contributed by atoms with Crippen molar-refractivity contribution in [2.24, 2.45) is 0 Å². The van der Waals surface area contributed by atoms with E-state index < -0.39 is 0 Å². The molecular formula is C22H26ClNO3. The zero-order chi connectivity index (χ0) is 18.5. The van der Waals surface area contributed by atoms with Gasteiger partial charge >= 0.3 is 5.63 Å². The van der Waals surface area contributed by atoms with Crippen LogP contribution < -0.4 is 10.4 Å². The third-order valence-electron chi connectivity index (χ3n) is 4.68. The van der Waals surface area contributed by atoms with Crippen molar-refractivity contribution in [1.82, 2.24) is 4.90 Å². The van der Waals surface area contributed by atoms with Crippen molar-refractivity contribution in [3.05, 3.63) is 75.6 Å². The molecule has 0 aliphatic carbocycles. The van der Waals surface area contributed by atoms with E-state index in [2.05, 4.69) is 36.2 Å². The van der Waals surface area contributed by atoms with Gasteiger partial charge < -0.3 is 14.1 Å². The van der Waals surface area contributed by atoms with E-state index in [4.69, 9.17) is 9.15 Å². The maximum Gasteiger partial charge on any atom is 0.339 e. The Labute approximate surface area is 166 Å².